The number of carbonyl (C=O) groups is 1. The standard InChI is InChI=1S/C12H20F3NO3/c1-9(2)16(8-12(13,14)15)7-11(10(17)18)3-5-19-6-4-11/h9H,3-8H2,1-2H3,(H,17,18). The van der Waals surface area contributed by atoms with Gasteiger partial charge >= 0.3 is 12.1 Å². The van der Waals surface area contributed by atoms with Crippen LogP contribution < -0.4 is 0 Å². The highest BCUT2D eigenvalue weighted by Gasteiger charge is 2.44. The Balaban J connectivity index is 2.82. The van der Waals surface area contributed by atoms with Crippen molar-refractivity contribution in [3.8, 4) is 0 Å². The quantitative estimate of drug-likeness (QED) is 0.840. The van der Waals surface area contributed by atoms with Crippen LogP contribution in [0, 0.1) is 5.41 Å². The molecule has 1 saturated heterocycles. The normalized spacial score (nSPS) is 19.9. The maximum atomic E-state index is 12.5. The summed E-state index contributed by atoms with van der Waals surface area (Å²) in [6, 6.07) is -0.360. The lowest BCUT2D eigenvalue weighted by Crippen LogP contribution is -2.50. The van der Waals surface area contributed by atoms with E-state index in [1.807, 2.05) is 0 Å². The fourth-order valence-corrected chi connectivity index (χ4v) is 2.24. The van der Waals surface area contributed by atoms with Crippen molar-refractivity contribution in [2.45, 2.75) is 38.9 Å². The van der Waals surface area contributed by atoms with Crippen LogP contribution in [0.5, 0.6) is 0 Å². The van der Waals surface area contributed by atoms with E-state index in [9.17, 15) is 23.1 Å². The van der Waals surface area contributed by atoms with E-state index in [1.54, 1.807) is 13.8 Å². The Bertz CT molecular complexity index is 312. The molecular weight excluding hydrogens is 263 g/mol. The Morgan fingerprint density at radius 1 is 1.37 bits per heavy atom. The second-order valence-electron chi connectivity index (χ2n) is 5.31. The van der Waals surface area contributed by atoms with E-state index in [1.165, 1.54) is 4.90 Å². The van der Waals surface area contributed by atoms with Crippen molar-refractivity contribution < 1.29 is 27.8 Å². The van der Waals surface area contributed by atoms with Crippen molar-refractivity contribution >= 4 is 5.97 Å². The molecule has 0 aliphatic carbocycles. The summed E-state index contributed by atoms with van der Waals surface area (Å²) < 4.78 is 42.7. The predicted octanol–water partition coefficient (Wildman–Crippen LogP) is 2.14. The van der Waals surface area contributed by atoms with Gasteiger partial charge in [-0.05, 0) is 26.7 Å². The largest absolute Gasteiger partial charge is 0.481 e. The molecule has 1 heterocycles. The first-order valence-electron chi connectivity index (χ1n) is 6.28. The molecular formula is C12H20F3NO3. The molecule has 0 bridgehead atoms. The van der Waals surface area contributed by atoms with E-state index in [4.69, 9.17) is 4.74 Å². The fourth-order valence-electron chi connectivity index (χ4n) is 2.24. The van der Waals surface area contributed by atoms with E-state index in [-0.39, 0.29) is 38.6 Å². The van der Waals surface area contributed by atoms with Crippen LogP contribution in [-0.2, 0) is 9.53 Å². The van der Waals surface area contributed by atoms with Gasteiger partial charge in [-0.25, -0.2) is 0 Å². The van der Waals surface area contributed by atoms with Crippen LogP contribution >= 0.6 is 0 Å². The fraction of sp³-hybridized carbons (Fsp3) is 0.917. The van der Waals surface area contributed by atoms with Gasteiger partial charge in [0.2, 0.25) is 0 Å². The zero-order valence-electron chi connectivity index (χ0n) is 11.2. The molecule has 1 aliphatic rings. The van der Waals surface area contributed by atoms with Gasteiger partial charge in [0.25, 0.3) is 0 Å². The van der Waals surface area contributed by atoms with Gasteiger partial charge in [-0.2, -0.15) is 13.2 Å². The lowest BCUT2D eigenvalue weighted by molar-refractivity contribution is -0.169. The molecule has 0 aromatic rings. The first-order valence-corrected chi connectivity index (χ1v) is 6.28. The summed E-state index contributed by atoms with van der Waals surface area (Å²) in [7, 11) is 0. The van der Waals surface area contributed by atoms with Gasteiger partial charge in [-0.15, -0.1) is 0 Å². The molecule has 0 amide bonds. The Morgan fingerprint density at radius 3 is 2.26 bits per heavy atom. The monoisotopic (exact) mass is 283 g/mol. The van der Waals surface area contributed by atoms with Gasteiger partial charge in [0.15, 0.2) is 0 Å². The van der Waals surface area contributed by atoms with Crippen LogP contribution in [0.2, 0.25) is 0 Å². The smallest absolute Gasteiger partial charge is 0.401 e. The van der Waals surface area contributed by atoms with Crippen LogP contribution in [0.15, 0.2) is 0 Å². The van der Waals surface area contributed by atoms with Crippen LogP contribution in [-0.4, -0.2) is 54.5 Å². The number of halogens is 3. The van der Waals surface area contributed by atoms with Crippen molar-refractivity contribution in [1.29, 1.82) is 0 Å². The van der Waals surface area contributed by atoms with E-state index >= 15 is 0 Å². The highest BCUT2D eigenvalue weighted by Crippen LogP contribution is 2.33. The van der Waals surface area contributed by atoms with Gasteiger partial charge in [-0.1, -0.05) is 0 Å². The van der Waals surface area contributed by atoms with Crippen molar-refractivity contribution in [3.63, 3.8) is 0 Å². The Labute approximate surface area is 110 Å². The van der Waals surface area contributed by atoms with E-state index in [0.29, 0.717) is 0 Å². The molecule has 112 valence electrons. The molecule has 0 saturated carbocycles. The molecule has 0 spiro atoms. The number of aliphatic carboxylic acids is 1. The summed E-state index contributed by atoms with van der Waals surface area (Å²) in [5.41, 5.74) is -1.13. The van der Waals surface area contributed by atoms with E-state index in [0.717, 1.165) is 0 Å². The van der Waals surface area contributed by atoms with Gasteiger partial charge in [0.05, 0.1) is 12.0 Å². The van der Waals surface area contributed by atoms with Crippen LogP contribution in [0.3, 0.4) is 0 Å². The van der Waals surface area contributed by atoms with Gasteiger partial charge in [0.1, 0.15) is 0 Å². The first kappa shape index (κ1) is 16.2. The second-order valence-corrected chi connectivity index (χ2v) is 5.31. The molecule has 4 nitrogen and oxygen atoms in total. The van der Waals surface area contributed by atoms with Crippen LogP contribution in [0.25, 0.3) is 0 Å². The minimum Gasteiger partial charge on any atom is -0.481 e. The molecule has 0 radical (unpaired) electrons. The summed E-state index contributed by atoms with van der Waals surface area (Å²) in [6.07, 6.45) is -3.82. The van der Waals surface area contributed by atoms with Crippen molar-refractivity contribution in [1.82, 2.24) is 4.90 Å². The molecule has 0 aromatic carbocycles. The molecule has 0 atom stereocenters. The minimum atomic E-state index is -4.32. The predicted molar refractivity (Wildman–Crippen MR) is 62.9 cm³/mol. The summed E-state index contributed by atoms with van der Waals surface area (Å²) in [4.78, 5) is 12.6. The number of nitrogens with zero attached hydrogens (tertiary/aromatic N) is 1. The number of hydrogen-bond acceptors (Lipinski definition) is 3. The summed E-state index contributed by atoms with van der Waals surface area (Å²) in [6.45, 7) is 2.67. The molecule has 19 heavy (non-hydrogen) atoms. The Hall–Kier alpha value is -0.820. The van der Waals surface area contributed by atoms with Crippen LogP contribution in [0.4, 0.5) is 13.2 Å². The molecule has 1 fully saturated rings. The van der Waals surface area contributed by atoms with Crippen molar-refractivity contribution in [3.05, 3.63) is 0 Å². The van der Waals surface area contributed by atoms with Gasteiger partial charge < -0.3 is 9.84 Å². The van der Waals surface area contributed by atoms with E-state index < -0.39 is 24.1 Å². The summed E-state index contributed by atoms with van der Waals surface area (Å²) in [5.74, 6) is -1.04. The average Bonchev–Trinajstić information content (AvgIpc) is 2.27. The second kappa shape index (κ2) is 6.09. The zero-order valence-corrected chi connectivity index (χ0v) is 11.2. The maximum absolute atomic E-state index is 12.5. The van der Waals surface area contributed by atoms with Crippen molar-refractivity contribution in [2.75, 3.05) is 26.3 Å². The maximum Gasteiger partial charge on any atom is 0.401 e. The number of rotatable bonds is 5. The lowest BCUT2D eigenvalue weighted by atomic mass is 9.79. The van der Waals surface area contributed by atoms with Gasteiger partial charge in [0, 0.05) is 25.8 Å². The molecule has 1 aliphatic heterocycles. The first-order chi connectivity index (χ1) is 8.66. The number of alkyl halides is 3. The third kappa shape index (κ3) is 4.65. The summed E-state index contributed by atoms with van der Waals surface area (Å²) in [5, 5.41) is 9.35. The highest BCUT2D eigenvalue weighted by molar-refractivity contribution is 5.75. The third-order valence-electron chi connectivity index (χ3n) is 3.52. The molecule has 7 heteroatoms. The molecule has 1 N–H and O–H groups in total. The van der Waals surface area contributed by atoms with E-state index in [2.05, 4.69) is 0 Å². The average molecular weight is 283 g/mol. The van der Waals surface area contributed by atoms with Crippen LogP contribution in [0.1, 0.15) is 26.7 Å². The van der Waals surface area contributed by atoms with Gasteiger partial charge in [-0.3, -0.25) is 9.69 Å². The number of carboxylic acids is 1. The zero-order chi connectivity index (χ0) is 14.7. The summed E-state index contributed by atoms with van der Waals surface area (Å²) >= 11 is 0. The highest BCUT2D eigenvalue weighted by atomic mass is 19.4. The lowest BCUT2D eigenvalue weighted by Gasteiger charge is -2.39. The molecule has 0 unspecified atom stereocenters. The minimum absolute atomic E-state index is 0.0944. The molecule has 0 aromatic heterocycles. The number of ether oxygens (including phenoxy) is 1. The van der Waals surface area contributed by atoms with Crippen molar-refractivity contribution in [2.24, 2.45) is 5.41 Å². The SMILES string of the molecule is CC(C)N(CC(F)(F)F)CC1(C(=O)O)CCOCC1. The Kier molecular flexibility index (Phi) is 5.20. The third-order valence-corrected chi connectivity index (χ3v) is 3.52. The number of hydrogen-bond donors (Lipinski definition) is 1. The number of carboxylic acid groups (broad SMARTS) is 1. The molecule has 1 rings (SSSR count). The Morgan fingerprint density at radius 2 is 1.89 bits per heavy atom. The topological polar surface area (TPSA) is 49.8 Å².